The van der Waals surface area contributed by atoms with Crippen molar-refractivity contribution in [2.24, 2.45) is 0 Å². The van der Waals surface area contributed by atoms with E-state index in [0.29, 0.717) is 6.07 Å². The smallest absolute Gasteiger partial charge is 0.161 e. The lowest BCUT2D eigenvalue weighted by Gasteiger charge is -2.13. The van der Waals surface area contributed by atoms with E-state index in [4.69, 9.17) is 11.6 Å². The maximum absolute atomic E-state index is 13.6. The molecule has 0 aliphatic heterocycles. The summed E-state index contributed by atoms with van der Waals surface area (Å²) < 4.78 is 53.3. The van der Waals surface area contributed by atoms with Gasteiger partial charge in [0.2, 0.25) is 0 Å². The Morgan fingerprint density at radius 2 is 1.60 bits per heavy atom. The summed E-state index contributed by atoms with van der Waals surface area (Å²) in [6.45, 7) is 0. The fourth-order valence-corrected chi connectivity index (χ4v) is 2.71. The Kier molecular flexibility index (Phi) is 4.70. The predicted octanol–water partition coefficient (Wildman–Crippen LogP) is 5.58. The van der Waals surface area contributed by atoms with E-state index in [1.807, 2.05) is 0 Å². The number of rotatable bonds is 3. The van der Waals surface area contributed by atoms with E-state index >= 15 is 0 Å². The molecule has 1 unspecified atom stereocenters. The zero-order valence-corrected chi connectivity index (χ0v) is 12.3. The van der Waals surface area contributed by atoms with Crippen molar-refractivity contribution in [1.29, 1.82) is 0 Å². The van der Waals surface area contributed by atoms with Crippen LogP contribution in [-0.4, -0.2) is 0 Å². The van der Waals surface area contributed by atoms with Gasteiger partial charge in [-0.15, -0.1) is 0 Å². The number of benzene rings is 2. The Labute approximate surface area is 126 Å². The fourth-order valence-electron chi connectivity index (χ4n) is 1.79. The van der Waals surface area contributed by atoms with Crippen LogP contribution in [0.1, 0.15) is 16.0 Å². The van der Waals surface area contributed by atoms with E-state index in [0.717, 1.165) is 6.07 Å². The van der Waals surface area contributed by atoms with Crippen LogP contribution in [0.3, 0.4) is 0 Å². The third-order valence-electron chi connectivity index (χ3n) is 2.82. The summed E-state index contributed by atoms with van der Waals surface area (Å²) >= 11 is 9.01. The molecule has 0 bridgehead atoms. The van der Waals surface area contributed by atoms with Crippen LogP contribution in [0.5, 0.6) is 0 Å². The Morgan fingerprint density at radius 1 is 0.950 bits per heavy atom. The SMILES string of the molecule is Fc1cc(F)c(C(Br)Cc2c(F)cccc2Cl)cc1F. The molecule has 2 aromatic rings. The van der Waals surface area contributed by atoms with E-state index < -0.39 is 28.1 Å². The van der Waals surface area contributed by atoms with Gasteiger partial charge in [0.15, 0.2) is 11.6 Å². The van der Waals surface area contributed by atoms with Crippen molar-refractivity contribution in [3.05, 3.63) is 69.8 Å². The molecule has 6 heteroatoms. The van der Waals surface area contributed by atoms with E-state index in [9.17, 15) is 17.6 Å². The topological polar surface area (TPSA) is 0 Å². The average Bonchev–Trinajstić information content (AvgIpc) is 2.38. The molecule has 0 fully saturated rings. The molecule has 0 N–H and O–H groups in total. The molecule has 0 radical (unpaired) electrons. The predicted molar refractivity (Wildman–Crippen MR) is 73.1 cm³/mol. The minimum atomic E-state index is -1.27. The lowest BCUT2D eigenvalue weighted by molar-refractivity contribution is 0.489. The van der Waals surface area contributed by atoms with Gasteiger partial charge in [0, 0.05) is 27.0 Å². The average molecular weight is 368 g/mol. The molecule has 0 spiro atoms. The summed E-state index contributed by atoms with van der Waals surface area (Å²) in [5.74, 6) is -3.87. The third kappa shape index (κ3) is 3.15. The zero-order chi connectivity index (χ0) is 14.9. The minimum absolute atomic E-state index is 0.00744. The van der Waals surface area contributed by atoms with Gasteiger partial charge in [-0.2, -0.15) is 0 Å². The molecule has 2 rings (SSSR count). The molecule has 0 heterocycles. The van der Waals surface area contributed by atoms with Gasteiger partial charge in [0.1, 0.15) is 11.6 Å². The van der Waals surface area contributed by atoms with E-state index in [1.165, 1.54) is 18.2 Å². The first kappa shape index (κ1) is 15.3. The molecule has 106 valence electrons. The largest absolute Gasteiger partial charge is 0.207 e. The van der Waals surface area contributed by atoms with Gasteiger partial charge < -0.3 is 0 Å². The molecule has 0 saturated heterocycles. The maximum Gasteiger partial charge on any atom is 0.161 e. The monoisotopic (exact) mass is 366 g/mol. The van der Waals surface area contributed by atoms with E-state index in [1.54, 1.807) is 0 Å². The second-order valence-electron chi connectivity index (χ2n) is 4.16. The lowest BCUT2D eigenvalue weighted by atomic mass is 10.0. The Hall–Kier alpha value is -1.07. The van der Waals surface area contributed by atoms with E-state index in [2.05, 4.69) is 15.9 Å². The minimum Gasteiger partial charge on any atom is -0.207 e. The second kappa shape index (κ2) is 6.14. The van der Waals surface area contributed by atoms with Crippen molar-refractivity contribution in [3.63, 3.8) is 0 Å². The van der Waals surface area contributed by atoms with Crippen molar-refractivity contribution in [2.75, 3.05) is 0 Å². The Morgan fingerprint density at radius 3 is 2.25 bits per heavy atom. The summed E-state index contributed by atoms with van der Waals surface area (Å²) in [4.78, 5) is -0.730. The normalized spacial score (nSPS) is 12.5. The summed E-state index contributed by atoms with van der Waals surface area (Å²) in [5, 5.41) is 0.192. The number of halogens is 6. The molecule has 0 aliphatic rings. The van der Waals surface area contributed by atoms with Crippen molar-refractivity contribution in [1.82, 2.24) is 0 Å². The Balaban J connectivity index is 2.33. The van der Waals surface area contributed by atoms with Crippen LogP contribution in [0.25, 0.3) is 0 Å². The summed E-state index contributed by atoms with van der Waals surface area (Å²) in [5.41, 5.74) is 0.0865. The quantitative estimate of drug-likeness (QED) is 0.378. The lowest BCUT2D eigenvalue weighted by Crippen LogP contribution is -2.03. The summed E-state index contributed by atoms with van der Waals surface area (Å²) in [6.07, 6.45) is 0.00744. The first-order valence-electron chi connectivity index (χ1n) is 5.61. The highest BCUT2D eigenvalue weighted by Gasteiger charge is 2.19. The van der Waals surface area contributed by atoms with Gasteiger partial charge in [0.25, 0.3) is 0 Å². The van der Waals surface area contributed by atoms with Gasteiger partial charge in [-0.1, -0.05) is 33.6 Å². The van der Waals surface area contributed by atoms with Crippen LogP contribution in [0.2, 0.25) is 5.02 Å². The van der Waals surface area contributed by atoms with E-state index in [-0.39, 0.29) is 22.6 Å². The van der Waals surface area contributed by atoms with Crippen LogP contribution >= 0.6 is 27.5 Å². The van der Waals surface area contributed by atoms with Gasteiger partial charge in [-0.3, -0.25) is 0 Å². The maximum atomic E-state index is 13.6. The fraction of sp³-hybridized carbons (Fsp3) is 0.143. The molecule has 0 aliphatic carbocycles. The number of alkyl halides is 1. The molecule has 20 heavy (non-hydrogen) atoms. The van der Waals surface area contributed by atoms with Crippen LogP contribution in [0, 0.1) is 23.3 Å². The highest BCUT2D eigenvalue weighted by atomic mass is 79.9. The first-order valence-corrected chi connectivity index (χ1v) is 6.91. The zero-order valence-electron chi connectivity index (χ0n) is 9.94. The molecule has 1 atom stereocenters. The van der Waals surface area contributed by atoms with Gasteiger partial charge in [-0.05, 0) is 24.6 Å². The van der Waals surface area contributed by atoms with Gasteiger partial charge in [-0.25, -0.2) is 17.6 Å². The van der Waals surface area contributed by atoms with Crippen LogP contribution in [0.15, 0.2) is 30.3 Å². The van der Waals surface area contributed by atoms with Crippen molar-refractivity contribution < 1.29 is 17.6 Å². The first-order chi connectivity index (χ1) is 9.40. The van der Waals surface area contributed by atoms with Crippen LogP contribution < -0.4 is 0 Å². The molecular formula is C14H8BrClF4. The van der Waals surface area contributed by atoms with Gasteiger partial charge >= 0.3 is 0 Å². The molecule has 0 aromatic heterocycles. The molecule has 0 nitrogen and oxygen atoms in total. The number of hydrogen-bond donors (Lipinski definition) is 0. The molecule has 0 saturated carbocycles. The Bertz CT molecular complexity index is 625. The van der Waals surface area contributed by atoms with Crippen molar-refractivity contribution in [2.45, 2.75) is 11.2 Å². The number of hydrogen-bond acceptors (Lipinski definition) is 0. The summed E-state index contributed by atoms with van der Waals surface area (Å²) in [6, 6.07) is 5.38. The second-order valence-corrected chi connectivity index (χ2v) is 5.67. The highest BCUT2D eigenvalue weighted by molar-refractivity contribution is 9.09. The third-order valence-corrected chi connectivity index (χ3v) is 3.99. The van der Waals surface area contributed by atoms with Crippen molar-refractivity contribution >= 4 is 27.5 Å². The molecule has 0 amide bonds. The van der Waals surface area contributed by atoms with Gasteiger partial charge in [0.05, 0.1) is 0 Å². The summed E-state index contributed by atoms with van der Waals surface area (Å²) in [7, 11) is 0. The molecule has 2 aromatic carbocycles. The standard InChI is InChI=1S/C14H8BrClF4/c15-9(4-8-10(16)2-1-3-11(8)17)7-5-13(19)14(20)6-12(7)18/h1-3,5-6,9H,4H2. The highest BCUT2D eigenvalue weighted by Crippen LogP contribution is 2.33. The molecular weight excluding hydrogens is 360 g/mol. The van der Waals surface area contributed by atoms with Crippen LogP contribution in [-0.2, 0) is 6.42 Å². The van der Waals surface area contributed by atoms with Crippen LogP contribution in [0.4, 0.5) is 17.6 Å². The van der Waals surface area contributed by atoms with Crippen molar-refractivity contribution in [3.8, 4) is 0 Å².